The topological polar surface area (TPSA) is 38.9 Å². The maximum atomic E-state index is 12.9. The fourth-order valence-electron chi connectivity index (χ4n) is 1.28. The molecule has 0 N–H and O–H groups in total. The summed E-state index contributed by atoms with van der Waals surface area (Å²) in [6.45, 7) is 1.75. The fraction of sp³-hybridized carbons (Fsp3) is 0.273. The summed E-state index contributed by atoms with van der Waals surface area (Å²) in [5, 5.41) is 7.77. The van der Waals surface area contributed by atoms with Gasteiger partial charge in [-0.05, 0) is 17.7 Å². The number of aromatic nitrogens is 2. The molecule has 0 saturated carbocycles. The Kier molecular flexibility index (Phi) is 4.02. The minimum atomic E-state index is -0.395. The SMILES string of the molecule is Cc1nnc(CSCc2ccc(F)c(Cl)c2)o1. The molecule has 0 aliphatic heterocycles. The van der Waals surface area contributed by atoms with Crippen LogP contribution >= 0.6 is 23.4 Å². The maximum absolute atomic E-state index is 12.9. The van der Waals surface area contributed by atoms with Crippen molar-refractivity contribution in [2.75, 3.05) is 0 Å². The second-order valence-electron chi connectivity index (χ2n) is 3.46. The van der Waals surface area contributed by atoms with Crippen molar-refractivity contribution in [3.8, 4) is 0 Å². The second-order valence-corrected chi connectivity index (χ2v) is 4.85. The summed E-state index contributed by atoms with van der Waals surface area (Å²) in [6.07, 6.45) is 0. The average Bonchev–Trinajstić information content (AvgIpc) is 2.70. The van der Waals surface area contributed by atoms with Gasteiger partial charge in [-0.2, -0.15) is 0 Å². The summed E-state index contributed by atoms with van der Waals surface area (Å²) in [4.78, 5) is 0. The Morgan fingerprint density at radius 2 is 2.18 bits per heavy atom. The molecule has 0 radical (unpaired) electrons. The van der Waals surface area contributed by atoms with E-state index in [4.69, 9.17) is 16.0 Å². The molecule has 3 nitrogen and oxygen atoms in total. The molecule has 0 aliphatic carbocycles. The number of aryl methyl sites for hydroxylation is 1. The molecule has 1 heterocycles. The van der Waals surface area contributed by atoms with Crippen LogP contribution in [0.25, 0.3) is 0 Å². The van der Waals surface area contributed by atoms with Crippen molar-refractivity contribution < 1.29 is 8.81 Å². The van der Waals surface area contributed by atoms with Crippen LogP contribution in [-0.4, -0.2) is 10.2 Å². The Bertz CT molecular complexity index is 518. The molecule has 2 aromatic rings. The number of hydrogen-bond acceptors (Lipinski definition) is 4. The highest BCUT2D eigenvalue weighted by Gasteiger charge is 2.04. The molecule has 0 saturated heterocycles. The Morgan fingerprint density at radius 3 is 2.82 bits per heavy atom. The summed E-state index contributed by atoms with van der Waals surface area (Å²) in [5.74, 6) is 2.12. The zero-order chi connectivity index (χ0) is 12.3. The van der Waals surface area contributed by atoms with Gasteiger partial charge in [-0.15, -0.1) is 22.0 Å². The van der Waals surface area contributed by atoms with Crippen LogP contribution in [0.5, 0.6) is 0 Å². The predicted molar refractivity (Wildman–Crippen MR) is 65.4 cm³/mol. The van der Waals surface area contributed by atoms with Crippen molar-refractivity contribution in [3.05, 3.63) is 46.4 Å². The lowest BCUT2D eigenvalue weighted by molar-refractivity contribution is 0.485. The molecule has 0 atom stereocenters. The Hall–Kier alpha value is -1.07. The normalized spacial score (nSPS) is 10.8. The van der Waals surface area contributed by atoms with E-state index in [1.165, 1.54) is 6.07 Å². The van der Waals surface area contributed by atoms with E-state index in [2.05, 4.69) is 10.2 Å². The van der Waals surface area contributed by atoms with Crippen LogP contribution in [0.4, 0.5) is 4.39 Å². The lowest BCUT2D eigenvalue weighted by atomic mass is 10.2. The highest BCUT2D eigenvalue weighted by Crippen LogP contribution is 2.21. The van der Waals surface area contributed by atoms with Crippen molar-refractivity contribution in [1.29, 1.82) is 0 Å². The van der Waals surface area contributed by atoms with E-state index in [0.717, 1.165) is 11.3 Å². The van der Waals surface area contributed by atoms with Gasteiger partial charge in [0.2, 0.25) is 11.8 Å². The van der Waals surface area contributed by atoms with Crippen molar-refractivity contribution in [3.63, 3.8) is 0 Å². The molecular weight excluding hydrogens is 263 g/mol. The molecule has 0 fully saturated rings. The minimum Gasteiger partial charge on any atom is -0.425 e. The first-order valence-electron chi connectivity index (χ1n) is 4.96. The zero-order valence-electron chi connectivity index (χ0n) is 9.11. The maximum Gasteiger partial charge on any atom is 0.226 e. The lowest BCUT2D eigenvalue weighted by Crippen LogP contribution is -1.85. The van der Waals surface area contributed by atoms with E-state index in [1.54, 1.807) is 30.8 Å². The summed E-state index contributed by atoms with van der Waals surface area (Å²) < 4.78 is 18.2. The van der Waals surface area contributed by atoms with Gasteiger partial charge in [-0.25, -0.2) is 4.39 Å². The van der Waals surface area contributed by atoms with Crippen LogP contribution < -0.4 is 0 Å². The van der Waals surface area contributed by atoms with Gasteiger partial charge in [0, 0.05) is 12.7 Å². The van der Waals surface area contributed by atoms with Gasteiger partial charge < -0.3 is 4.42 Å². The van der Waals surface area contributed by atoms with Crippen LogP contribution in [0.2, 0.25) is 5.02 Å². The van der Waals surface area contributed by atoms with Gasteiger partial charge in [0.05, 0.1) is 10.8 Å². The number of hydrogen-bond donors (Lipinski definition) is 0. The highest BCUT2D eigenvalue weighted by atomic mass is 35.5. The van der Waals surface area contributed by atoms with E-state index in [1.807, 2.05) is 0 Å². The summed E-state index contributed by atoms with van der Waals surface area (Å²) >= 11 is 7.30. The number of benzene rings is 1. The van der Waals surface area contributed by atoms with Crippen LogP contribution in [0.1, 0.15) is 17.3 Å². The molecule has 1 aromatic carbocycles. The van der Waals surface area contributed by atoms with E-state index >= 15 is 0 Å². The Balaban J connectivity index is 1.87. The molecule has 0 spiro atoms. The van der Waals surface area contributed by atoms with Crippen LogP contribution in [0, 0.1) is 12.7 Å². The molecule has 0 unspecified atom stereocenters. The second kappa shape index (κ2) is 5.51. The van der Waals surface area contributed by atoms with Crippen LogP contribution in [0.3, 0.4) is 0 Å². The summed E-state index contributed by atoms with van der Waals surface area (Å²) in [7, 11) is 0. The largest absolute Gasteiger partial charge is 0.425 e. The Labute approximate surface area is 107 Å². The third-order valence-corrected chi connectivity index (χ3v) is 3.32. The molecule has 0 amide bonds. The van der Waals surface area contributed by atoms with E-state index < -0.39 is 5.82 Å². The quantitative estimate of drug-likeness (QED) is 0.852. The first-order valence-corrected chi connectivity index (χ1v) is 6.49. The summed E-state index contributed by atoms with van der Waals surface area (Å²) in [6, 6.07) is 4.71. The molecule has 17 heavy (non-hydrogen) atoms. The van der Waals surface area contributed by atoms with E-state index in [9.17, 15) is 4.39 Å². The van der Waals surface area contributed by atoms with Crippen molar-refractivity contribution in [2.24, 2.45) is 0 Å². The average molecular weight is 273 g/mol. The molecular formula is C11H10ClFN2OS. The third-order valence-electron chi connectivity index (χ3n) is 2.05. The van der Waals surface area contributed by atoms with Gasteiger partial charge >= 0.3 is 0 Å². The van der Waals surface area contributed by atoms with Gasteiger partial charge in [-0.3, -0.25) is 0 Å². The van der Waals surface area contributed by atoms with Gasteiger partial charge in [0.15, 0.2) is 0 Å². The van der Waals surface area contributed by atoms with E-state index in [0.29, 0.717) is 17.5 Å². The molecule has 6 heteroatoms. The third kappa shape index (κ3) is 3.44. The standard InChI is InChI=1S/C11H10ClFN2OS/c1-7-14-15-11(16-7)6-17-5-8-2-3-10(13)9(12)4-8/h2-4H,5-6H2,1H3. The van der Waals surface area contributed by atoms with Crippen LogP contribution in [-0.2, 0) is 11.5 Å². The lowest BCUT2D eigenvalue weighted by Gasteiger charge is -2.01. The van der Waals surface area contributed by atoms with E-state index in [-0.39, 0.29) is 5.02 Å². The van der Waals surface area contributed by atoms with Crippen LogP contribution in [0.15, 0.2) is 22.6 Å². The molecule has 0 aliphatic rings. The molecule has 1 aromatic heterocycles. The highest BCUT2D eigenvalue weighted by molar-refractivity contribution is 7.97. The number of nitrogens with zero attached hydrogens (tertiary/aromatic N) is 2. The molecule has 0 bridgehead atoms. The monoisotopic (exact) mass is 272 g/mol. The van der Waals surface area contributed by atoms with Crippen molar-refractivity contribution in [2.45, 2.75) is 18.4 Å². The van der Waals surface area contributed by atoms with Gasteiger partial charge in [0.1, 0.15) is 5.82 Å². The number of rotatable bonds is 4. The summed E-state index contributed by atoms with van der Waals surface area (Å²) in [5.41, 5.74) is 0.970. The number of halogens is 2. The van der Waals surface area contributed by atoms with Gasteiger partial charge in [-0.1, -0.05) is 17.7 Å². The molecule has 2 rings (SSSR count). The first kappa shape index (κ1) is 12.4. The van der Waals surface area contributed by atoms with Crippen molar-refractivity contribution in [1.82, 2.24) is 10.2 Å². The van der Waals surface area contributed by atoms with Gasteiger partial charge in [0.25, 0.3) is 0 Å². The zero-order valence-corrected chi connectivity index (χ0v) is 10.7. The molecule has 90 valence electrons. The predicted octanol–water partition coefficient (Wildman–Crippen LogP) is 3.60. The first-order chi connectivity index (χ1) is 8.15. The van der Waals surface area contributed by atoms with Crippen molar-refractivity contribution >= 4 is 23.4 Å². The minimum absolute atomic E-state index is 0.150. The fourth-order valence-corrected chi connectivity index (χ4v) is 2.29. The Morgan fingerprint density at radius 1 is 1.35 bits per heavy atom. The smallest absolute Gasteiger partial charge is 0.226 e. The number of thioether (sulfide) groups is 1.